The van der Waals surface area contributed by atoms with Crippen molar-refractivity contribution in [3.8, 4) is 0 Å². The Hall–Kier alpha value is -1.76. The minimum Gasteiger partial charge on any atom is -0.868 e. The van der Waals surface area contributed by atoms with Crippen LogP contribution in [0.25, 0.3) is 0 Å². The predicted molar refractivity (Wildman–Crippen MR) is 61.5 cm³/mol. The van der Waals surface area contributed by atoms with Crippen LogP contribution in [-0.2, 0) is 32.0 Å². The number of carboxylic acid groups (broad SMARTS) is 2. The van der Waals surface area contributed by atoms with Gasteiger partial charge in [0.05, 0.1) is 0 Å². The molecule has 0 aromatic heterocycles. The van der Waals surface area contributed by atoms with Crippen LogP contribution >= 0.6 is 0 Å². The van der Waals surface area contributed by atoms with E-state index in [1.54, 1.807) is 0 Å². The zero-order chi connectivity index (χ0) is 13.8. The summed E-state index contributed by atoms with van der Waals surface area (Å²) >= 11 is 0. The molecule has 7 heteroatoms. The van der Waals surface area contributed by atoms with Gasteiger partial charge in [0.25, 0.3) is 0 Å². The zero-order valence-electron chi connectivity index (χ0n) is 10.3. The van der Waals surface area contributed by atoms with Gasteiger partial charge in [-0.15, -0.1) is 6.42 Å². The first kappa shape index (κ1) is 25.9. The molecule has 0 unspecified atom stereocenters. The number of hydrogen-bond donors (Lipinski definition) is 2. The van der Waals surface area contributed by atoms with Gasteiger partial charge in [-0.3, -0.25) is 6.08 Å². The number of carboxylic acids is 2. The Labute approximate surface area is 127 Å². The van der Waals surface area contributed by atoms with E-state index in [1.807, 2.05) is 12.2 Å². The molecule has 0 amide bonds. The third-order valence-electron chi connectivity index (χ3n) is 1.06. The van der Waals surface area contributed by atoms with Crippen molar-refractivity contribution in [2.75, 3.05) is 0 Å². The standard InChI is InChI=1S/C5H5.2C3H4O3.CH3.Nb/c1-2-4-5-3-1;2*1-2(4)3(5)6;;/h1-3H,4H2;2*4H,1H2,(H,5,6);1H3;/q-1;;;-1;+2/p-2. The Bertz CT molecular complexity index is 299. The van der Waals surface area contributed by atoms with E-state index in [9.17, 15) is 19.8 Å². The molecule has 0 aromatic rings. The molecule has 0 aliphatic heterocycles. The molecule has 6 nitrogen and oxygen atoms in total. The molecule has 0 bridgehead atoms. The van der Waals surface area contributed by atoms with Gasteiger partial charge in [-0.2, -0.15) is 6.08 Å². The second-order valence-corrected chi connectivity index (χ2v) is 2.46. The average molecular weight is 347 g/mol. The molecule has 105 valence electrons. The maximum absolute atomic E-state index is 9.43. The third-order valence-corrected chi connectivity index (χ3v) is 1.06. The zero-order valence-corrected chi connectivity index (χ0v) is 12.5. The first-order valence-electron chi connectivity index (χ1n) is 4.19. The summed E-state index contributed by atoms with van der Waals surface area (Å²) in [5.74, 6) is -5.13. The second kappa shape index (κ2) is 16.2. The van der Waals surface area contributed by atoms with Gasteiger partial charge in [-0.25, -0.2) is 21.7 Å². The number of aliphatic carboxylic acids is 2. The molecule has 19 heavy (non-hydrogen) atoms. The normalized spacial score (nSPS) is 9.26. The molecule has 0 fully saturated rings. The SMILES string of the molecule is C=C([O-])C(=O)O.C=C([O-])C(=O)O.[C-]1=CC=CC1.[CH3-].[Nb+2]. The summed E-state index contributed by atoms with van der Waals surface area (Å²) in [6, 6.07) is 0. The summed E-state index contributed by atoms with van der Waals surface area (Å²) < 4.78 is 0. The van der Waals surface area contributed by atoms with Gasteiger partial charge in [-0.1, -0.05) is 13.2 Å². The van der Waals surface area contributed by atoms with E-state index in [0.717, 1.165) is 6.42 Å². The first-order valence-corrected chi connectivity index (χ1v) is 4.19. The van der Waals surface area contributed by atoms with Crippen molar-refractivity contribution in [1.29, 1.82) is 0 Å². The van der Waals surface area contributed by atoms with E-state index in [2.05, 4.69) is 25.3 Å². The van der Waals surface area contributed by atoms with Crippen LogP contribution in [0.2, 0.25) is 0 Å². The van der Waals surface area contributed by atoms with Gasteiger partial charge in [0.15, 0.2) is 0 Å². The molecule has 0 atom stereocenters. The number of carbonyl (C=O) groups is 2. The second-order valence-electron chi connectivity index (χ2n) is 2.46. The molecule has 1 radical (unpaired) electrons. The topological polar surface area (TPSA) is 121 Å². The summed E-state index contributed by atoms with van der Waals surface area (Å²) in [5.41, 5.74) is 0. The van der Waals surface area contributed by atoms with Crippen LogP contribution in [0.15, 0.2) is 42.9 Å². The number of hydrogen-bond acceptors (Lipinski definition) is 4. The molecule has 1 rings (SSSR count). The minimum absolute atomic E-state index is 0. The molecule has 0 spiro atoms. The molecule has 0 saturated carbocycles. The Balaban J connectivity index is -0.0000000845. The monoisotopic (exact) mass is 347 g/mol. The summed E-state index contributed by atoms with van der Waals surface area (Å²) in [7, 11) is 0. The summed E-state index contributed by atoms with van der Waals surface area (Å²) in [4.78, 5) is 18.6. The number of rotatable bonds is 2. The first-order chi connectivity index (χ1) is 7.79. The van der Waals surface area contributed by atoms with E-state index in [4.69, 9.17) is 10.2 Å². The van der Waals surface area contributed by atoms with Crippen LogP contribution in [0.5, 0.6) is 0 Å². The van der Waals surface area contributed by atoms with Crippen molar-refractivity contribution in [2.24, 2.45) is 0 Å². The van der Waals surface area contributed by atoms with Crippen LogP contribution in [0.4, 0.5) is 0 Å². The molecule has 0 aromatic carbocycles. The van der Waals surface area contributed by atoms with Gasteiger partial charge in [0.1, 0.15) is 0 Å². The van der Waals surface area contributed by atoms with Gasteiger partial charge < -0.3 is 27.9 Å². The largest absolute Gasteiger partial charge is 2.00 e. The molecule has 2 N–H and O–H groups in total. The van der Waals surface area contributed by atoms with Crippen LogP contribution < -0.4 is 10.2 Å². The predicted octanol–water partition coefficient (Wildman–Crippen LogP) is -0.357. The number of allylic oxidation sites excluding steroid dienone is 4. The van der Waals surface area contributed by atoms with E-state index >= 15 is 0 Å². The fraction of sp³-hybridized carbons (Fsp3) is 0.0833. The molecule has 0 heterocycles. The van der Waals surface area contributed by atoms with Crippen molar-refractivity contribution >= 4 is 11.9 Å². The maximum atomic E-state index is 9.43. The molecular weight excluding hydrogens is 333 g/mol. The summed E-state index contributed by atoms with van der Waals surface area (Å²) in [5, 5.41) is 34.0. The van der Waals surface area contributed by atoms with E-state index in [1.165, 1.54) is 0 Å². The van der Waals surface area contributed by atoms with Gasteiger partial charge in [-0.05, 0) is 11.5 Å². The summed E-state index contributed by atoms with van der Waals surface area (Å²) in [6.45, 7) is 5.20. The Morgan fingerprint density at radius 2 is 1.42 bits per heavy atom. The Morgan fingerprint density at radius 3 is 1.47 bits per heavy atom. The van der Waals surface area contributed by atoms with Crippen molar-refractivity contribution in [3.05, 3.63) is 56.4 Å². The minimum atomic E-state index is -1.49. The molecular formula is C12H14NbO6-2. The van der Waals surface area contributed by atoms with Crippen molar-refractivity contribution < 1.29 is 52.4 Å². The van der Waals surface area contributed by atoms with Gasteiger partial charge in [0, 0.05) is 0 Å². The van der Waals surface area contributed by atoms with Crippen LogP contribution in [-0.4, -0.2) is 22.2 Å². The smallest absolute Gasteiger partial charge is 0.868 e. The third kappa shape index (κ3) is 26.1. The van der Waals surface area contributed by atoms with Crippen LogP contribution in [0.1, 0.15) is 6.42 Å². The van der Waals surface area contributed by atoms with E-state index in [0.29, 0.717) is 0 Å². The van der Waals surface area contributed by atoms with Crippen LogP contribution in [0, 0.1) is 13.5 Å². The quantitative estimate of drug-likeness (QED) is 0.305. The average Bonchev–Trinajstić information content (AvgIpc) is 2.75. The van der Waals surface area contributed by atoms with Gasteiger partial charge in [0.2, 0.25) is 0 Å². The van der Waals surface area contributed by atoms with Crippen molar-refractivity contribution in [2.45, 2.75) is 6.42 Å². The van der Waals surface area contributed by atoms with Crippen molar-refractivity contribution in [1.82, 2.24) is 0 Å². The van der Waals surface area contributed by atoms with Crippen LogP contribution in [0.3, 0.4) is 0 Å². The fourth-order valence-corrected chi connectivity index (χ4v) is 0.340. The van der Waals surface area contributed by atoms with E-state index in [-0.39, 0.29) is 29.8 Å². The molecule has 1 aliphatic rings. The van der Waals surface area contributed by atoms with Crippen molar-refractivity contribution in [3.63, 3.8) is 0 Å². The molecule has 0 saturated heterocycles. The molecule has 1 aliphatic carbocycles. The Morgan fingerprint density at radius 1 is 1.11 bits per heavy atom. The fourth-order valence-electron chi connectivity index (χ4n) is 0.340. The van der Waals surface area contributed by atoms with E-state index < -0.39 is 23.5 Å². The maximum Gasteiger partial charge on any atom is 2.00 e. The Kier molecular flexibility index (Phi) is 22.2. The van der Waals surface area contributed by atoms with Gasteiger partial charge >= 0.3 is 34.3 Å². The summed E-state index contributed by atoms with van der Waals surface area (Å²) in [6.07, 6.45) is 10.0.